The number of amides is 1. The average molecular weight is 319 g/mol. The van der Waals surface area contributed by atoms with Crippen molar-refractivity contribution in [2.24, 2.45) is 0 Å². The highest BCUT2D eigenvalue weighted by Crippen LogP contribution is 2.18. The van der Waals surface area contributed by atoms with Crippen LogP contribution in [-0.4, -0.2) is 19.6 Å². The molecule has 0 heterocycles. The zero-order valence-corrected chi connectivity index (χ0v) is 12.3. The van der Waals surface area contributed by atoms with Crippen LogP contribution in [0, 0.1) is 0 Å². The molecule has 120 valence electrons. The number of carbonyl (C=O) groups is 1. The van der Waals surface area contributed by atoms with E-state index < -0.39 is 6.61 Å². The van der Waals surface area contributed by atoms with E-state index in [1.165, 1.54) is 30.3 Å². The maximum Gasteiger partial charge on any atom is 0.387 e. The SMILES string of the molecule is COc1cccc(/C=C/C(=O)Nc2ccc(OC(F)F)cc2)c1. The topological polar surface area (TPSA) is 47.6 Å². The third kappa shape index (κ3) is 5.43. The Bertz CT molecular complexity index is 684. The highest BCUT2D eigenvalue weighted by molar-refractivity contribution is 6.01. The monoisotopic (exact) mass is 319 g/mol. The molecule has 0 saturated carbocycles. The third-order valence-electron chi connectivity index (χ3n) is 2.87. The van der Waals surface area contributed by atoms with Crippen LogP contribution in [0.3, 0.4) is 0 Å². The van der Waals surface area contributed by atoms with Crippen LogP contribution in [0.2, 0.25) is 0 Å². The molecule has 2 rings (SSSR count). The molecule has 0 unspecified atom stereocenters. The fourth-order valence-corrected chi connectivity index (χ4v) is 1.82. The molecule has 0 aliphatic carbocycles. The summed E-state index contributed by atoms with van der Waals surface area (Å²) in [6, 6.07) is 12.9. The van der Waals surface area contributed by atoms with Crippen molar-refractivity contribution in [1.29, 1.82) is 0 Å². The van der Waals surface area contributed by atoms with Crippen molar-refractivity contribution in [3.8, 4) is 11.5 Å². The van der Waals surface area contributed by atoms with Gasteiger partial charge in [0.25, 0.3) is 0 Å². The molecular formula is C17H15F2NO3. The number of methoxy groups -OCH3 is 1. The second-order valence-corrected chi connectivity index (χ2v) is 4.50. The van der Waals surface area contributed by atoms with Crippen molar-refractivity contribution in [3.63, 3.8) is 0 Å². The van der Waals surface area contributed by atoms with Gasteiger partial charge in [-0.05, 0) is 48.0 Å². The third-order valence-corrected chi connectivity index (χ3v) is 2.87. The Kier molecular flexibility index (Phi) is 5.68. The van der Waals surface area contributed by atoms with Crippen molar-refractivity contribution in [1.82, 2.24) is 0 Å². The summed E-state index contributed by atoms with van der Waals surface area (Å²) in [7, 11) is 1.57. The van der Waals surface area contributed by atoms with Crippen LogP contribution in [0.15, 0.2) is 54.6 Å². The maximum absolute atomic E-state index is 12.0. The van der Waals surface area contributed by atoms with Gasteiger partial charge in [0.05, 0.1) is 7.11 Å². The van der Waals surface area contributed by atoms with E-state index in [0.717, 1.165) is 5.56 Å². The molecule has 1 N–H and O–H groups in total. The molecule has 0 atom stereocenters. The largest absolute Gasteiger partial charge is 0.497 e. The van der Waals surface area contributed by atoms with E-state index in [1.54, 1.807) is 25.3 Å². The molecule has 4 nitrogen and oxygen atoms in total. The lowest BCUT2D eigenvalue weighted by molar-refractivity contribution is -0.111. The summed E-state index contributed by atoms with van der Waals surface area (Å²) in [6.45, 7) is -2.87. The summed E-state index contributed by atoms with van der Waals surface area (Å²) in [6.07, 6.45) is 3.02. The van der Waals surface area contributed by atoms with Crippen LogP contribution < -0.4 is 14.8 Å². The van der Waals surface area contributed by atoms with Crippen LogP contribution in [0.4, 0.5) is 14.5 Å². The Morgan fingerprint density at radius 2 is 1.87 bits per heavy atom. The predicted octanol–water partition coefficient (Wildman–Crippen LogP) is 3.95. The number of hydrogen-bond acceptors (Lipinski definition) is 3. The smallest absolute Gasteiger partial charge is 0.387 e. The van der Waals surface area contributed by atoms with E-state index in [4.69, 9.17) is 4.74 Å². The minimum Gasteiger partial charge on any atom is -0.497 e. The minimum absolute atomic E-state index is 0.0323. The van der Waals surface area contributed by atoms with Gasteiger partial charge < -0.3 is 14.8 Å². The summed E-state index contributed by atoms with van der Waals surface area (Å²) in [5, 5.41) is 2.62. The summed E-state index contributed by atoms with van der Waals surface area (Å²) >= 11 is 0. The van der Waals surface area contributed by atoms with Crippen molar-refractivity contribution < 1.29 is 23.0 Å². The normalized spacial score (nSPS) is 10.8. The predicted molar refractivity (Wildman–Crippen MR) is 83.7 cm³/mol. The number of benzene rings is 2. The number of anilines is 1. The highest BCUT2D eigenvalue weighted by Gasteiger charge is 2.04. The molecule has 0 spiro atoms. The standard InChI is InChI=1S/C17H15F2NO3/c1-22-15-4-2-3-12(11-15)5-10-16(21)20-13-6-8-14(9-7-13)23-17(18)19/h2-11,17H,1H3,(H,20,21)/b10-5+. The molecule has 2 aromatic carbocycles. The lowest BCUT2D eigenvalue weighted by Crippen LogP contribution is -2.08. The van der Waals surface area contributed by atoms with E-state index in [9.17, 15) is 13.6 Å². The first-order valence-corrected chi connectivity index (χ1v) is 6.75. The van der Waals surface area contributed by atoms with Crippen LogP contribution in [0.1, 0.15) is 5.56 Å². The van der Waals surface area contributed by atoms with Gasteiger partial charge in [0.1, 0.15) is 11.5 Å². The van der Waals surface area contributed by atoms with E-state index in [0.29, 0.717) is 11.4 Å². The van der Waals surface area contributed by atoms with Gasteiger partial charge in [-0.2, -0.15) is 8.78 Å². The van der Waals surface area contributed by atoms with E-state index in [-0.39, 0.29) is 11.7 Å². The number of nitrogens with one attached hydrogen (secondary N) is 1. The fourth-order valence-electron chi connectivity index (χ4n) is 1.82. The zero-order chi connectivity index (χ0) is 16.7. The number of carbonyl (C=O) groups excluding carboxylic acids is 1. The van der Waals surface area contributed by atoms with E-state index >= 15 is 0 Å². The second-order valence-electron chi connectivity index (χ2n) is 4.50. The van der Waals surface area contributed by atoms with Gasteiger partial charge >= 0.3 is 6.61 Å². The average Bonchev–Trinajstić information content (AvgIpc) is 2.54. The quantitative estimate of drug-likeness (QED) is 0.820. The van der Waals surface area contributed by atoms with Gasteiger partial charge in [0.15, 0.2) is 0 Å². The summed E-state index contributed by atoms with van der Waals surface area (Å²) in [5.74, 6) is 0.391. The molecule has 0 aliphatic rings. The Labute approximate surface area is 132 Å². The molecule has 0 aliphatic heterocycles. The molecule has 0 bridgehead atoms. The van der Waals surface area contributed by atoms with Gasteiger partial charge in [0, 0.05) is 11.8 Å². The Morgan fingerprint density at radius 3 is 2.52 bits per heavy atom. The summed E-state index contributed by atoms with van der Waals surface area (Å²) in [4.78, 5) is 11.8. The van der Waals surface area contributed by atoms with E-state index in [2.05, 4.69) is 10.1 Å². The van der Waals surface area contributed by atoms with Gasteiger partial charge in [0.2, 0.25) is 5.91 Å². The summed E-state index contributed by atoms with van der Waals surface area (Å²) < 4.78 is 33.4. The van der Waals surface area contributed by atoms with Gasteiger partial charge in [-0.3, -0.25) is 4.79 Å². The molecule has 0 aromatic heterocycles. The fraction of sp³-hybridized carbons (Fsp3) is 0.118. The van der Waals surface area contributed by atoms with Crippen molar-refractivity contribution in [2.75, 3.05) is 12.4 Å². The Hall–Kier alpha value is -2.89. The maximum atomic E-state index is 12.0. The molecule has 6 heteroatoms. The number of ether oxygens (including phenoxy) is 2. The molecule has 0 radical (unpaired) electrons. The molecule has 0 fully saturated rings. The Balaban J connectivity index is 1.94. The number of alkyl halides is 2. The van der Waals surface area contributed by atoms with Crippen LogP contribution >= 0.6 is 0 Å². The van der Waals surface area contributed by atoms with Crippen LogP contribution in [-0.2, 0) is 4.79 Å². The molecule has 2 aromatic rings. The molecule has 23 heavy (non-hydrogen) atoms. The van der Waals surface area contributed by atoms with Crippen molar-refractivity contribution in [3.05, 3.63) is 60.2 Å². The highest BCUT2D eigenvalue weighted by atomic mass is 19.3. The van der Waals surface area contributed by atoms with Crippen LogP contribution in [0.5, 0.6) is 11.5 Å². The van der Waals surface area contributed by atoms with Gasteiger partial charge in [-0.15, -0.1) is 0 Å². The first-order valence-electron chi connectivity index (χ1n) is 6.75. The van der Waals surface area contributed by atoms with E-state index in [1.807, 2.05) is 12.1 Å². The summed E-state index contributed by atoms with van der Waals surface area (Å²) in [5.41, 5.74) is 1.30. The first-order chi connectivity index (χ1) is 11.1. The van der Waals surface area contributed by atoms with Crippen molar-refractivity contribution >= 4 is 17.7 Å². The lowest BCUT2D eigenvalue weighted by atomic mass is 10.2. The number of hydrogen-bond donors (Lipinski definition) is 1. The lowest BCUT2D eigenvalue weighted by Gasteiger charge is -2.06. The molecule has 1 amide bonds. The zero-order valence-electron chi connectivity index (χ0n) is 12.3. The van der Waals surface area contributed by atoms with Gasteiger partial charge in [-0.1, -0.05) is 12.1 Å². The molecular weight excluding hydrogens is 304 g/mol. The molecule has 0 saturated heterocycles. The number of halogens is 2. The minimum atomic E-state index is -2.87. The van der Waals surface area contributed by atoms with Gasteiger partial charge in [-0.25, -0.2) is 0 Å². The van der Waals surface area contributed by atoms with Crippen molar-refractivity contribution in [2.45, 2.75) is 6.61 Å². The second kappa shape index (κ2) is 7.93. The van der Waals surface area contributed by atoms with Crippen LogP contribution in [0.25, 0.3) is 6.08 Å². The Morgan fingerprint density at radius 1 is 1.13 bits per heavy atom. The number of rotatable bonds is 6. The first kappa shape index (κ1) is 16.5.